The summed E-state index contributed by atoms with van der Waals surface area (Å²) in [5, 5.41) is 8.46. The molecule has 6 heteroatoms. The Labute approximate surface area is 95.8 Å². The van der Waals surface area contributed by atoms with Crippen LogP contribution in [0.4, 0.5) is 8.78 Å². The molecule has 0 saturated carbocycles. The Balaban J connectivity index is 2.41. The lowest BCUT2D eigenvalue weighted by Crippen LogP contribution is -2.19. The average molecular weight is 244 g/mol. The number of carboxylic acids is 1. The van der Waals surface area contributed by atoms with Gasteiger partial charge in [0.1, 0.15) is 6.42 Å². The van der Waals surface area contributed by atoms with Crippen LogP contribution in [0, 0.1) is 6.92 Å². The summed E-state index contributed by atoms with van der Waals surface area (Å²) in [6.45, 7) is 1.47. The predicted octanol–water partition coefficient (Wildman–Crippen LogP) is 2.29. The number of hydrogen-bond donors (Lipinski definition) is 1. The molecule has 0 aromatic heterocycles. The summed E-state index contributed by atoms with van der Waals surface area (Å²) >= 11 is 0. The molecule has 1 aliphatic heterocycles. The summed E-state index contributed by atoms with van der Waals surface area (Å²) < 4.78 is 37.4. The standard InChI is InChI=1S/C11H10F2O4/c1-6-2-8-9(17-5-16-8)3-7(6)11(12,13)4-10(14)15/h2-3H,4-5H2,1H3,(H,14,15). The lowest BCUT2D eigenvalue weighted by molar-refractivity contribution is -0.145. The fourth-order valence-electron chi connectivity index (χ4n) is 1.72. The molecule has 4 nitrogen and oxygen atoms in total. The van der Waals surface area contributed by atoms with Gasteiger partial charge in [0.25, 0.3) is 5.92 Å². The van der Waals surface area contributed by atoms with Crippen molar-refractivity contribution in [3.63, 3.8) is 0 Å². The second-order valence-electron chi connectivity index (χ2n) is 3.80. The number of fused-ring (bicyclic) bond motifs is 1. The van der Waals surface area contributed by atoms with E-state index in [0.29, 0.717) is 5.75 Å². The second kappa shape index (κ2) is 3.87. The number of aryl methyl sites for hydroxylation is 1. The molecule has 1 N–H and O–H groups in total. The average Bonchev–Trinajstić information content (AvgIpc) is 2.60. The SMILES string of the molecule is Cc1cc2c(cc1C(F)(F)CC(=O)O)OCO2. The molecule has 0 saturated heterocycles. The highest BCUT2D eigenvalue weighted by Crippen LogP contribution is 2.41. The van der Waals surface area contributed by atoms with Crippen LogP contribution < -0.4 is 9.47 Å². The summed E-state index contributed by atoms with van der Waals surface area (Å²) in [5.41, 5.74) is -0.0651. The van der Waals surface area contributed by atoms with Crippen LogP contribution in [0.1, 0.15) is 17.5 Å². The topological polar surface area (TPSA) is 55.8 Å². The van der Waals surface area contributed by atoms with Gasteiger partial charge in [-0.05, 0) is 24.6 Å². The summed E-state index contributed by atoms with van der Waals surface area (Å²) in [5.74, 6) is -4.35. The van der Waals surface area contributed by atoms with E-state index in [4.69, 9.17) is 14.6 Å². The molecule has 0 atom stereocenters. The van der Waals surface area contributed by atoms with Gasteiger partial charge in [0.05, 0.1) is 0 Å². The Kier molecular flexibility index (Phi) is 2.65. The molecule has 0 aliphatic carbocycles. The Hall–Kier alpha value is -1.85. The van der Waals surface area contributed by atoms with Crippen LogP contribution in [0.5, 0.6) is 11.5 Å². The van der Waals surface area contributed by atoms with E-state index in [1.807, 2.05) is 0 Å². The van der Waals surface area contributed by atoms with Gasteiger partial charge < -0.3 is 14.6 Å². The molecule has 92 valence electrons. The summed E-state index contributed by atoms with van der Waals surface area (Å²) in [4.78, 5) is 10.4. The zero-order chi connectivity index (χ0) is 12.6. The molecule has 17 heavy (non-hydrogen) atoms. The van der Waals surface area contributed by atoms with Crippen LogP contribution in [-0.2, 0) is 10.7 Å². The number of halogens is 2. The Morgan fingerprint density at radius 3 is 2.59 bits per heavy atom. The normalized spacial score (nSPS) is 13.8. The van der Waals surface area contributed by atoms with Gasteiger partial charge in [0.15, 0.2) is 11.5 Å². The molecule has 2 rings (SSSR count). The highest BCUT2D eigenvalue weighted by atomic mass is 19.3. The fraction of sp³-hybridized carbons (Fsp3) is 0.364. The minimum absolute atomic E-state index is 0.0112. The van der Waals surface area contributed by atoms with E-state index in [-0.39, 0.29) is 23.7 Å². The minimum Gasteiger partial charge on any atom is -0.481 e. The number of alkyl halides is 2. The van der Waals surface area contributed by atoms with Crippen molar-refractivity contribution in [2.45, 2.75) is 19.3 Å². The van der Waals surface area contributed by atoms with Crippen LogP contribution in [0.15, 0.2) is 12.1 Å². The number of rotatable bonds is 3. The maximum Gasteiger partial charge on any atom is 0.309 e. The Bertz CT molecular complexity index is 471. The molecule has 1 aromatic carbocycles. The van der Waals surface area contributed by atoms with Crippen molar-refractivity contribution in [1.29, 1.82) is 0 Å². The lowest BCUT2D eigenvalue weighted by Gasteiger charge is -2.17. The predicted molar refractivity (Wildman–Crippen MR) is 53.4 cm³/mol. The van der Waals surface area contributed by atoms with Gasteiger partial charge in [-0.1, -0.05) is 0 Å². The number of aliphatic carboxylic acids is 1. The summed E-state index contributed by atoms with van der Waals surface area (Å²) in [6.07, 6.45) is -1.24. The third-order valence-corrected chi connectivity index (χ3v) is 2.49. The third kappa shape index (κ3) is 2.15. The number of hydrogen-bond acceptors (Lipinski definition) is 3. The van der Waals surface area contributed by atoms with Gasteiger partial charge in [-0.25, -0.2) is 8.78 Å². The third-order valence-electron chi connectivity index (χ3n) is 2.49. The maximum absolute atomic E-state index is 13.7. The van der Waals surface area contributed by atoms with Crippen LogP contribution in [-0.4, -0.2) is 17.9 Å². The molecule has 1 aromatic rings. The van der Waals surface area contributed by atoms with E-state index < -0.39 is 18.3 Å². The van der Waals surface area contributed by atoms with Gasteiger partial charge in [0, 0.05) is 5.56 Å². The van der Waals surface area contributed by atoms with Gasteiger partial charge >= 0.3 is 5.97 Å². The molecule has 0 fully saturated rings. The van der Waals surface area contributed by atoms with Crippen molar-refractivity contribution < 1.29 is 28.2 Å². The highest BCUT2D eigenvalue weighted by Gasteiger charge is 2.37. The van der Waals surface area contributed by atoms with Gasteiger partial charge in [-0.3, -0.25) is 4.79 Å². The molecular weight excluding hydrogens is 234 g/mol. The molecule has 0 amide bonds. The molecular formula is C11H10F2O4. The van der Waals surface area contributed by atoms with Crippen molar-refractivity contribution in [3.05, 3.63) is 23.3 Å². The van der Waals surface area contributed by atoms with Crippen molar-refractivity contribution >= 4 is 5.97 Å². The number of benzene rings is 1. The molecule has 1 aliphatic rings. The lowest BCUT2D eigenvalue weighted by atomic mass is 9.99. The minimum atomic E-state index is -3.42. The van der Waals surface area contributed by atoms with E-state index in [2.05, 4.69) is 0 Å². The van der Waals surface area contributed by atoms with E-state index in [0.717, 1.165) is 6.07 Å². The summed E-state index contributed by atoms with van der Waals surface area (Å²) in [6, 6.07) is 2.56. The number of carboxylic acid groups (broad SMARTS) is 1. The van der Waals surface area contributed by atoms with Crippen LogP contribution in [0.3, 0.4) is 0 Å². The molecule has 0 radical (unpaired) electrons. The fourth-order valence-corrected chi connectivity index (χ4v) is 1.72. The number of carbonyl (C=O) groups is 1. The van der Waals surface area contributed by atoms with Crippen molar-refractivity contribution in [1.82, 2.24) is 0 Å². The maximum atomic E-state index is 13.7. The zero-order valence-corrected chi connectivity index (χ0v) is 9.00. The Morgan fingerprint density at radius 2 is 2.00 bits per heavy atom. The molecule has 0 spiro atoms. The molecule has 0 unspecified atom stereocenters. The van der Waals surface area contributed by atoms with Crippen molar-refractivity contribution in [2.75, 3.05) is 6.79 Å². The van der Waals surface area contributed by atoms with Crippen molar-refractivity contribution in [2.24, 2.45) is 0 Å². The van der Waals surface area contributed by atoms with E-state index in [1.165, 1.54) is 13.0 Å². The van der Waals surface area contributed by atoms with Crippen LogP contribution in [0.25, 0.3) is 0 Å². The van der Waals surface area contributed by atoms with E-state index in [1.54, 1.807) is 0 Å². The van der Waals surface area contributed by atoms with Crippen LogP contribution >= 0.6 is 0 Å². The Morgan fingerprint density at radius 1 is 1.41 bits per heavy atom. The monoisotopic (exact) mass is 244 g/mol. The summed E-state index contributed by atoms with van der Waals surface area (Å²) in [7, 11) is 0. The number of ether oxygens (including phenoxy) is 2. The zero-order valence-electron chi connectivity index (χ0n) is 9.00. The first-order valence-corrected chi connectivity index (χ1v) is 4.90. The first-order valence-electron chi connectivity index (χ1n) is 4.90. The first kappa shape index (κ1) is 11.6. The quantitative estimate of drug-likeness (QED) is 0.886. The van der Waals surface area contributed by atoms with E-state index >= 15 is 0 Å². The second-order valence-corrected chi connectivity index (χ2v) is 3.80. The van der Waals surface area contributed by atoms with E-state index in [9.17, 15) is 13.6 Å². The van der Waals surface area contributed by atoms with Crippen LogP contribution in [0.2, 0.25) is 0 Å². The van der Waals surface area contributed by atoms with Gasteiger partial charge in [-0.15, -0.1) is 0 Å². The first-order chi connectivity index (χ1) is 7.90. The van der Waals surface area contributed by atoms with Crippen molar-refractivity contribution in [3.8, 4) is 11.5 Å². The molecule has 1 heterocycles. The molecule has 0 bridgehead atoms. The van der Waals surface area contributed by atoms with Gasteiger partial charge in [-0.2, -0.15) is 0 Å². The van der Waals surface area contributed by atoms with Gasteiger partial charge in [0.2, 0.25) is 6.79 Å². The highest BCUT2D eigenvalue weighted by molar-refractivity contribution is 5.68. The largest absolute Gasteiger partial charge is 0.481 e. The smallest absolute Gasteiger partial charge is 0.309 e.